The monoisotopic (exact) mass is 289 g/mol. The Balaban J connectivity index is 2.58. The minimum Gasteiger partial charge on any atom is -0.382 e. The highest BCUT2D eigenvalue weighted by molar-refractivity contribution is 9.10. The highest BCUT2D eigenvalue weighted by Crippen LogP contribution is 2.31. The first kappa shape index (κ1) is 10.4. The Labute approximate surface area is 98.6 Å². The van der Waals surface area contributed by atoms with Crippen molar-refractivity contribution in [3.8, 4) is 11.3 Å². The predicted octanol–water partition coefficient (Wildman–Crippen LogP) is 3.21. The van der Waals surface area contributed by atoms with E-state index in [9.17, 15) is 4.39 Å². The molecule has 0 radical (unpaired) electrons. The smallest absolute Gasteiger partial charge is 0.145 e. The maximum absolute atomic E-state index is 13.1. The van der Waals surface area contributed by atoms with Crippen LogP contribution in [0.5, 0.6) is 0 Å². The van der Waals surface area contributed by atoms with Crippen LogP contribution in [-0.4, -0.2) is 10.2 Å². The van der Waals surface area contributed by atoms with Gasteiger partial charge < -0.3 is 5.73 Å². The Bertz CT molecular complexity index is 512. The summed E-state index contributed by atoms with van der Waals surface area (Å²) >= 11 is 8.98. The molecule has 0 aliphatic carbocycles. The van der Waals surface area contributed by atoms with Gasteiger partial charge in [-0.2, -0.15) is 5.10 Å². The molecule has 1 heterocycles. The number of H-pyrrole nitrogens is 1. The van der Waals surface area contributed by atoms with Crippen molar-refractivity contribution in [2.24, 2.45) is 0 Å². The van der Waals surface area contributed by atoms with Crippen molar-refractivity contribution in [3.63, 3.8) is 0 Å². The van der Waals surface area contributed by atoms with E-state index in [-0.39, 0.29) is 0 Å². The SMILES string of the molecule is Nc1cc(-c2cc(Br)c(F)cc2Cl)[nH]n1. The minimum atomic E-state index is -0.406. The fraction of sp³-hybridized carbons (Fsp3) is 0. The quantitative estimate of drug-likeness (QED) is 0.792. The molecule has 0 saturated heterocycles. The summed E-state index contributed by atoms with van der Waals surface area (Å²) in [6.07, 6.45) is 0. The van der Waals surface area contributed by atoms with E-state index in [1.165, 1.54) is 6.07 Å². The Morgan fingerprint density at radius 3 is 2.73 bits per heavy atom. The van der Waals surface area contributed by atoms with Crippen LogP contribution in [-0.2, 0) is 0 Å². The van der Waals surface area contributed by atoms with Gasteiger partial charge in [-0.3, -0.25) is 5.10 Å². The number of hydrogen-bond donors (Lipinski definition) is 2. The van der Waals surface area contributed by atoms with E-state index in [2.05, 4.69) is 26.1 Å². The van der Waals surface area contributed by atoms with Gasteiger partial charge in [0.25, 0.3) is 0 Å². The minimum absolute atomic E-state index is 0.305. The van der Waals surface area contributed by atoms with Crippen LogP contribution in [0.15, 0.2) is 22.7 Å². The molecule has 15 heavy (non-hydrogen) atoms. The van der Waals surface area contributed by atoms with Crippen LogP contribution < -0.4 is 5.73 Å². The fourth-order valence-corrected chi connectivity index (χ4v) is 1.80. The van der Waals surface area contributed by atoms with Gasteiger partial charge in [0, 0.05) is 11.6 Å². The number of halogens is 3. The van der Waals surface area contributed by atoms with Crippen LogP contribution in [0, 0.1) is 5.82 Å². The average molecular weight is 291 g/mol. The third-order valence-corrected chi connectivity index (χ3v) is 2.82. The second-order valence-corrected chi connectivity index (χ2v) is 4.21. The van der Waals surface area contributed by atoms with Gasteiger partial charge in [0.2, 0.25) is 0 Å². The largest absolute Gasteiger partial charge is 0.382 e. The third-order valence-electron chi connectivity index (χ3n) is 1.90. The van der Waals surface area contributed by atoms with E-state index in [4.69, 9.17) is 17.3 Å². The molecule has 0 atom stereocenters. The zero-order chi connectivity index (χ0) is 11.0. The number of nitrogens with one attached hydrogen (secondary N) is 1. The number of nitrogens with zero attached hydrogens (tertiary/aromatic N) is 1. The first-order valence-corrected chi connectivity index (χ1v) is 5.21. The molecule has 78 valence electrons. The summed E-state index contributed by atoms with van der Waals surface area (Å²) in [5, 5.41) is 6.78. The molecule has 0 fully saturated rings. The number of benzene rings is 1. The number of hydrogen-bond acceptors (Lipinski definition) is 2. The first-order chi connectivity index (χ1) is 7.08. The molecule has 1 aromatic heterocycles. The maximum atomic E-state index is 13.1. The van der Waals surface area contributed by atoms with Crippen molar-refractivity contribution in [1.29, 1.82) is 0 Å². The van der Waals surface area contributed by atoms with E-state index in [1.54, 1.807) is 12.1 Å². The lowest BCUT2D eigenvalue weighted by Gasteiger charge is -2.02. The molecule has 3 N–H and O–H groups in total. The lowest BCUT2D eigenvalue weighted by Crippen LogP contribution is -1.84. The lowest BCUT2D eigenvalue weighted by molar-refractivity contribution is 0.621. The lowest BCUT2D eigenvalue weighted by atomic mass is 10.1. The summed E-state index contributed by atoms with van der Waals surface area (Å²) in [7, 11) is 0. The molecule has 0 aliphatic heterocycles. The summed E-state index contributed by atoms with van der Waals surface area (Å²) in [5.41, 5.74) is 6.76. The molecule has 2 rings (SSSR count). The normalized spacial score (nSPS) is 10.6. The van der Waals surface area contributed by atoms with Crippen molar-refractivity contribution in [3.05, 3.63) is 33.5 Å². The molecule has 0 amide bonds. The molecule has 0 spiro atoms. The number of anilines is 1. The van der Waals surface area contributed by atoms with Crippen LogP contribution in [0.1, 0.15) is 0 Å². The highest BCUT2D eigenvalue weighted by Gasteiger charge is 2.10. The van der Waals surface area contributed by atoms with Crippen molar-refractivity contribution >= 4 is 33.3 Å². The van der Waals surface area contributed by atoms with Crippen molar-refractivity contribution in [2.75, 3.05) is 5.73 Å². The summed E-state index contributed by atoms with van der Waals surface area (Å²) < 4.78 is 13.4. The van der Waals surface area contributed by atoms with Gasteiger partial charge in [0.1, 0.15) is 11.6 Å². The number of rotatable bonds is 1. The van der Waals surface area contributed by atoms with Gasteiger partial charge in [-0.15, -0.1) is 0 Å². The van der Waals surface area contributed by atoms with Gasteiger partial charge >= 0.3 is 0 Å². The zero-order valence-electron chi connectivity index (χ0n) is 7.39. The van der Waals surface area contributed by atoms with Crippen LogP contribution >= 0.6 is 27.5 Å². The predicted molar refractivity (Wildman–Crippen MR) is 61.1 cm³/mol. The summed E-state index contributed by atoms with van der Waals surface area (Å²) in [6.45, 7) is 0. The Morgan fingerprint density at radius 2 is 2.13 bits per heavy atom. The standard InChI is InChI=1S/C9H6BrClFN3/c10-5-1-4(6(11)2-7(5)12)8-3-9(13)15-14-8/h1-3H,(H3,13,14,15). The summed E-state index contributed by atoms with van der Waals surface area (Å²) in [4.78, 5) is 0. The molecule has 0 aliphatic rings. The Morgan fingerprint density at radius 1 is 1.40 bits per heavy atom. The molecule has 0 unspecified atom stereocenters. The Hall–Kier alpha value is -1.07. The molecule has 3 nitrogen and oxygen atoms in total. The molecule has 1 aromatic carbocycles. The number of nitrogens with two attached hydrogens (primary N) is 1. The van der Waals surface area contributed by atoms with Crippen molar-refractivity contribution in [1.82, 2.24) is 10.2 Å². The van der Waals surface area contributed by atoms with E-state index in [0.717, 1.165) is 0 Å². The second kappa shape index (κ2) is 3.83. The van der Waals surface area contributed by atoms with Gasteiger partial charge in [0.05, 0.1) is 15.2 Å². The zero-order valence-corrected chi connectivity index (χ0v) is 9.73. The molecule has 0 bridgehead atoms. The molecular weight excluding hydrogens is 284 g/mol. The van der Waals surface area contributed by atoms with Crippen LogP contribution in [0.3, 0.4) is 0 Å². The molecule has 2 aromatic rings. The van der Waals surface area contributed by atoms with E-state index in [1.807, 2.05) is 0 Å². The second-order valence-electron chi connectivity index (χ2n) is 2.95. The molecule has 6 heteroatoms. The molecular formula is C9H6BrClFN3. The number of nitrogen functional groups attached to an aromatic ring is 1. The first-order valence-electron chi connectivity index (χ1n) is 4.03. The topological polar surface area (TPSA) is 54.7 Å². The van der Waals surface area contributed by atoms with Crippen LogP contribution in [0.4, 0.5) is 10.2 Å². The van der Waals surface area contributed by atoms with E-state index < -0.39 is 5.82 Å². The molecule has 0 saturated carbocycles. The van der Waals surface area contributed by atoms with Crippen molar-refractivity contribution < 1.29 is 4.39 Å². The van der Waals surface area contributed by atoms with E-state index >= 15 is 0 Å². The average Bonchev–Trinajstić information content (AvgIpc) is 2.58. The summed E-state index contributed by atoms with van der Waals surface area (Å²) in [5.74, 6) is -0.0437. The van der Waals surface area contributed by atoms with Gasteiger partial charge in [-0.05, 0) is 28.1 Å². The van der Waals surface area contributed by atoms with Crippen molar-refractivity contribution in [2.45, 2.75) is 0 Å². The van der Waals surface area contributed by atoms with Crippen LogP contribution in [0.25, 0.3) is 11.3 Å². The fourth-order valence-electron chi connectivity index (χ4n) is 1.20. The maximum Gasteiger partial charge on any atom is 0.145 e. The third kappa shape index (κ3) is 1.98. The van der Waals surface area contributed by atoms with Gasteiger partial charge in [-0.25, -0.2) is 4.39 Å². The number of aromatic nitrogens is 2. The highest BCUT2D eigenvalue weighted by atomic mass is 79.9. The van der Waals surface area contributed by atoms with Crippen LogP contribution in [0.2, 0.25) is 5.02 Å². The van der Waals surface area contributed by atoms with Gasteiger partial charge in [-0.1, -0.05) is 11.6 Å². The summed E-state index contributed by atoms with van der Waals surface area (Å²) in [6, 6.07) is 4.44. The van der Waals surface area contributed by atoms with Gasteiger partial charge in [0.15, 0.2) is 0 Å². The van der Waals surface area contributed by atoms with E-state index in [0.29, 0.717) is 26.6 Å². The Kier molecular flexibility index (Phi) is 2.67. The number of aromatic amines is 1.